The summed E-state index contributed by atoms with van der Waals surface area (Å²) in [4.78, 5) is 24.2. The average molecular weight is 377 g/mol. The summed E-state index contributed by atoms with van der Waals surface area (Å²) in [5.74, 6) is 0.203. The van der Waals surface area contributed by atoms with Crippen molar-refractivity contribution in [3.05, 3.63) is 42.5 Å². The van der Waals surface area contributed by atoms with Crippen LogP contribution in [0.4, 0.5) is 0 Å². The summed E-state index contributed by atoms with van der Waals surface area (Å²) in [6, 6.07) is 6.71. The smallest absolute Gasteiger partial charge is 0.152 e. The van der Waals surface area contributed by atoms with Gasteiger partial charge in [0, 0.05) is 48.2 Å². The number of fused-ring (bicyclic) bond motifs is 3. The maximum atomic E-state index is 12.7. The number of nitrogens with zero attached hydrogens (tertiary/aromatic N) is 5. The Morgan fingerprint density at radius 2 is 2.04 bits per heavy atom. The number of ether oxygens (including phenoxy) is 1. The lowest BCUT2D eigenvalue weighted by Gasteiger charge is -2.33. The van der Waals surface area contributed by atoms with Crippen LogP contribution in [0.2, 0.25) is 0 Å². The molecule has 0 aromatic carbocycles. The monoisotopic (exact) mass is 377 g/mol. The van der Waals surface area contributed by atoms with Gasteiger partial charge in [-0.25, -0.2) is 4.98 Å². The summed E-state index contributed by atoms with van der Waals surface area (Å²) in [7, 11) is 1.89. The Morgan fingerprint density at radius 3 is 2.79 bits per heavy atom. The van der Waals surface area contributed by atoms with E-state index < -0.39 is 0 Å². The topological polar surface area (TPSA) is 73.1 Å². The van der Waals surface area contributed by atoms with Gasteiger partial charge in [-0.2, -0.15) is 5.10 Å². The van der Waals surface area contributed by atoms with Crippen molar-refractivity contribution < 1.29 is 9.53 Å². The summed E-state index contributed by atoms with van der Waals surface area (Å²) in [6.45, 7) is 1.99. The minimum absolute atomic E-state index is 0.203. The van der Waals surface area contributed by atoms with E-state index in [0.29, 0.717) is 25.0 Å². The molecule has 5 heterocycles. The molecule has 2 unspecified atom stereocenters. The first kappa shape index (κ1) is 17.5. The van der Waals surface area contributed by atoms with Gasteiger partial charge in [0.1, 0.15) is 0 Å². The summed E-state index contributed by atoms with van der Waals surface area (Å²) in [5, 5.41) is 5.18. The van der Waals surface area contributed by atoms with Crippen LogP contribution in [0.15, 0.2) is 36.8 Å². The van der Waals surface area contributed by atoms with Crippen LogP contribution < -0.4 is 0 Å². The van der Waals surface area contributed by atoms with Gasteiger partial charge in [-0.3, -0.25) is 19.4 Å². The zero-order valence-corrected chi connectivity index (χ0v) is 15.9. The van der Waals surface area contributed by atoms with E-state index in [1.807, 2.05) is 31.4 Å². The van der Waals surface area contributed by atoms with Crippen molar-refractivity contribution in [3.8, 4) is 11.3 Å². The SMILES string of the molecule is Cn1cc(-c2ccc3cnc(CC(=O)CN4C5CCC4COC5)cc3n2)cn1. The highest BCUT2D eigenvalue weighted by molar-refractivity contribution is 5.85. The van der Waals surface area contributed by atoms with Gasteiger partial charge in [-0.1, -0.05) is 0 Å². The first-order chi connectivity index (χ1) is 13.7. The van der Waals surface area contributed by atoms with E-state index in [2.05, 4.69) is 15.0 Å². The maximum absolute atomic E-state index is 12.7. The van der Waals surface area contributed by atoms with E-state index >= 15 is 0 Å². The molecule has 0 amide bonds. The summed E-state index contributed by atoms with van der Waals surface area (Å²) in [6.07, 6.45) is 8.15. The Kier molecular flexibility index (Phi) is 4.41. The fraction of sp³-hybridized carbons (Fsp3) is 0.429. The van der Waals surface area contributed by atoms with Crippen molar-refractivity contribution in [3.63, 3.8) is 0 Å². The molecule has 2 atom stereocenters. The van der Waals surface area contributed by atoms with E-state index in [1.165, 1.54) is 0 Å². The molecule has 5 rings (SSSR count). The van der Waals surface area contributed by atoms with Gasteiger partial charge in [0.05, 0.1) is 43.6 Å². The van der Waals surface area contributed by atoms with Crippen LogP contribution in [0.25, 0.3) is 22.2 Å². The molecule has 0 radical (unpaired) electrons. The molecule has 2 saturated heterocycles. The molecule has 3 aromatic rings. The molecule has 2 aliphatic rings. The molecule has 2 bridgehead atoms. The lowest BCUT2D eigenvalue weighted by molar-refractivity contribution is -0.122. The Morgan fingerprint density at radius 1 is 1.21 bits per heavy atom. The highest BCUT2D eigenvalue weighted by atomic mass is 16.5. The predicted molar refractivity (Wildman–Crippen MR) is 105 cm³/mol. The normalized spacial score (nSPS) is 22.0. The Bertz CT molecular complexity index is 1010. The van der Waals surface area contributed by atoms with Crippen LogP contribution in [0, 0.1) is 0 Å². The van der Waals surface area contributed by atoms with Gasteiger partial charge in [-0.15, -0.1) is 0 Å². The third kappa shape index (κ3) is 3.31. The first-order valence-corrected chi connectivity index (χ1v) is 9.75. The van der Waals surface area contributed by atoms with E-state index in [4.69, 9.17) is 9.72 Å². The third-order valence-corrected chi connectivity index (χ3v) is 5.76. The van der Waals surface area contributed by atoms with Crippen molar-refractivity contribution in [2.75, 3.05) is 19.8 Å². The molecule has 0 saturated carbocycles. The van der Waals surface area contributed by atoms with Crippen LogP contribution in [-0.2, 0) is 23.0 Å². The van der Waals surface area contributed by atoms with Crippen molar-refractivity contribution >= 4 is 16.7 Å². The van der Waals surface area contributed by atoms with E-state index in [9.17, 15) is 4.79 Å². The predicted octanol–water partition coefficient (Wildman–Crippen LogP) is 2.01. The van der Waals surface area contributed by atoms with Crippen LogP contribution in [0.3, 0.4) is 0 Å². The van der Waals surface area contributed by atoms with Crippen LogP contribution >= 0.6 is 0 Å². The molecule has 144 valence electrons. The van der Waals surface area contributed by atoms with Crippen molar-refractivity contribution in [2.24, 2.45) is 7.05 Å². The quantitative estimate of drug-likeness (QED) is 0.677. The maximum Gasteiger partial charge on any atom is 0.152 e. The number of pyridine rings is 2. The second kappa shape index (κ2) is 7.07. The molecule has 0 N–H and O–H groups in total. The van der Waals surface area contributed by atoms with Gasteiger partial charge in [0.2, 0.25) is 0 Å². The van der Waals surface area contributed by atoms with Crippen molar-refractivity contribution in [1.29, 1.82) is 0 Å². The van der Waals surface area contributed by atoms with Gasteiger partial charge in [0.15, 0.2) is 5.78 Å². The zero-order chi connectivity index (χ0) is 19.1. The van der Waals surface area contributed by atoms with E-state index in [1.54, 1.807) is 17.1 Å². The standard InChI is InChI=1S/C21H23N5O2/c1-25-10-15(9-23-25)20-5-2-14-8-22-16(7-21(14)24-20)6-19(27)11-26-17-3-4-18(26)13-28-12-17/h2,5,7-10,17-18H,3-4,6,11-13H2,1H3. The minimum Gasteiger partial charge on any atom is -0.378 e. The number of hydrogen-bond acceptors (Lipinski definition) is 6. The molecular formula is C21H23N5O2. The number of aromatic nitrogens is 4. The zero-order valence-electron chi connectivity index (χ0n) is 15.9. The summed E-state index contributed by atoms with van der Waals surface area (Å²) < 4.78 is 7.36. The molecule has 3 aromatic heterocycles. The Labute approximate surface area is 163 Å². The lowest BCUT2D eigenvalue weighted by Crippen LogP contribution is -2.48. The number of carbonyl (C=O) groups excluding carboxylic acids is 1. The van der Waals surface area contributed by atoms with E-state index in [-0.39, 0.29) is 5.78 Å². The Hall–Kier alpha value is -2.64. The number of Topliss-reactive ketones (excluding diaryl/α,β-unsaturated/α-hetero) is 1. The number of morpholine rings is 1. The van der Waals surface area contributed by atoms with Crippen LogP contribution in [0.5, 0.6) is 0 Å². The molecule has 0 spiro atoms. The fourth-order valence-electron chi connectivity index (χ4n) is 4.30. The molecular weight excluding hydrogens is 354 g/mol. The molecule has 28 heavy (non-hydrogen) atoms. The van der Waals surface area contributed by atoms with Gasteiger partial charge < -0.3 is 4.74 Å². The first-order valence-electron chi connectivity index (χ1n) is 9.75. The van der Waals surface area contributed by atoms with E-state index in [0.717, 1.165) is 53.9 Å². The second-order valence-electron chi connectivity index (χ2n) is 7.78. The van der Waals surface area contributed by atoms with Crippen LogP contribution in [0.1, 0.15) is 18.5 Å². The summed E-state index contributed by atoms with van der Waals surface area (Å²) in [5.41, 5.74) is 3.47. The molecule has 2 aliphatic heterocycles. The lowest BCUT2D eigenvalue weighted by atomic mass is 10.1. The third-order valence-electron chi connectivity index (χ3n) is 5.76. The minimum atomic E-state index is 0.203. The number of rotatable bonds is 5. The highest BCUT2D eigenvalue weighted by Gasteiger charge is 2.37. The molecule has 2 fully saturated rings. The number of hydrogen-bond donors (Lipinski definition) is 0. The number of carbonyl (C=O) groups is 1. The average Bonchev–Trinajstić information content (AvgIpc) is 3.20. The largest absolute Gasteiger partial charge is 0.378 e. The summed E-state index contributed by atoms with van der Waals surface area (Å²) >= 11 is 0. The second-order valence-corrected chi connectivity index (χ2v) is 7.78. The molecule has 0 aliphatic carbocycles. The van der Waals surface area contributed by atoms with Gasteiger partial charge in [0.25, 0.3) is 0 Å². The Balaban J connectivity index is 1.33. The van der Waals surface area contributed by atoms with Gasteiger partial charge >= 0.3 is 0 Å². The number of ketones is 1. The fourth-order valence-corrected chi connectivity index (χ4v) is 4.30. The van der Waals surface area contributed by atoms with Gasteiger partial charge in [-0.05, 0) is 31.0 Å². The number of aryl methyl sites for hydroxylation is 1. The molecule has 7 nitrogen and oxygen atoms in total. The molecule has 7 heteroatoms. The van der Waals surface area contributed by atoms with Crippen molar-refractivity contribution in [1.82, 2.24) is 24.6 Å². The highest BCUT2D eigenvalue weighted by Crippen LogP contribution is 2.28. The van der Waals surface area contributed by atoms with Crippen LogP contribution in [-0.4, -0.2) is 62.3 Å². The van der Waals surface area contributed by atoms with Crippen molar-refractivity contribution in [2.45, 2.75) is 31.3 Å².